The molecule has 5 aromatic rings. The summed E-state index contributed by atoms with van der Waals surface area (Å²) in [5.74, 6) is 1.41. The molecule has 6 rings (SSSR count). The Hall–Kier alpha value is -2.70. The summed E-state index contributed by atoms with van der Waals surface area (Å²) < 4.78 is 12.9. The second kappa shape index (κ2) is 12.4. The maximum absolute atomic E-state index is 6.79. The van der Waals surface area contributed by atoms with Crippen molar-refractivity contribution in [2.45, 2.75) is 26.1 Å². The first kappa shape index (κ1) is 28.8. The van der Waals surface area contributed by atoms with Gasteiger partial charge in [0.25, 0.3) is 11.3 Å². The smallest absolute Gasteiger partial charge is 0.262 e. The van der Waals surface area contributed by atoms with Crippen molar-refractivity contribution >= 4 is 70.1 Å². The molecule has 2 heterocycles. The van der Waals surface area contributed by atoms with Crippen LogP contribution >= 0.6 is 42.8 Å². The van der Waals surface area contributed by atoms with Gasteiger partial charge in [0, 0.05) is 23.7 Å². The van der Waals surface area contributed by atoms with Gasteiger partial charge < -0.3 is 14.1 Å². The first-order chi connectivity index (χ1) is 19.1. The molecule has 0 aliphatic carbocycles. The maximum Gasteiger partial charge on any atom is 0.262 e. The van der Waals surface area contributed by atoms with Crippen molar-refractivity contribution in [2.24, 2.45) is 0 Å². The van der Waals surface area contributed by atoms with Crippen LogP contribution in [0.5, 0.6) is 0 Å². The van der Waals surface area contributed by atoms with Crippen LogP contribution < -0.4 is 26.2 Å². The highest BCUT2D eigenvalue weighted by atomic mass is 127. The van der Waals surface area contributed by atoms with Gasteiger partial charge >= 0.3 is 0 Å². The fraction of sp³-hybridized carbons (Fsp3) is 0.182. The van der Waals surface area contributed by atoms with Crippen molar-refractivity contribution in [3.63, 3.8) is 0 Å². The summed E-state index contributed by atoms with van der Waals surface area (Å²) in [5, 5.41) is 4.37. The Bertz CT molecular complexity index is 1430. The lowest BCUT2D eigenvalue weighted by Gasteiger charge is -2.36. The first-order valence-electron chi connectivity index (χ1n) is 13.3. The van der Waals surface area contributed by atoms with Crippen molar-refractivity contribution in [1.82, 2.24) is 4.98 Å². The lowest BCUT2D eigenvalue weighted by atomic mass is 10.2. The fourth-order valence-electron chi connectivity index (χ4n) is 5.56. The van der Waals surface area contributed by atoms with Gasteiger partial charge in [-0.15, -0.1) is 24.0 Å². The minimum atomic E-state index is -2.47. The monoisotopic (exact) mass is 681 g/mol. The van der Waals surface area contributed by atoms with E-state index in [0.29, 0.717) is 10.9 Å². The molecule has 4 nitrogen and oxygen atoms in total. The van der Waals surface area contributed by atoms with Crippen LogP contribution in [0.3, 0.4) is 0 Å². The molecule has 0 radical (unpaired) electrons. The number of anilines is 1. The van der Waals surface area contributed by atoms with E-state index < -0.39 is 7.26 Å². The van der Waals surface area contributed by atoms with Crippen LogP contribution in [-0.4, -0.2) is 30.3 Å². The quantitative estimate of drug-likeness (QED) is 0.145. The minimum absolute atomic E-state index is 0. The zero-order valence-corrected chi connectivity index (χ0v) is 26.5. The molecule has 7 heteroatoms. The van der Waals surface area contributed by atoms with Gasteiger partial charge in [0.2, 0.25) is 5.89 Å². The van der Waals surface area contributed by atoms with E-state index in [-0.39, 0.29) is 36.2 Å². The average molecular weight is 682 g/mol. The molecular weight excluding hydrogens is 650 g/mol. The Morgan fingerprint density at radius 3 is 1.60 bits per heavy atom. The highest BCUT2D eigenvalue weighted by molar-refractivity contribution is 14.0. The van der Waals surface area contributed by atoms with Crippen molar-refractivity contribution in [3.8, 4) is 11.5 Å². The minimum Gasteiger partial charge on any atom is -0.416 e. The predicted octanol–water partition coefficient (Wildman–Crippen LogP) is 6.85. The number of nitrogens with zero attached hydrogens (tertiary/aromatic N) is 2. The van der Waals surface area contributed by atoms with E-state index in [0.717, 1.165) is 30.0 Å². The van der Waals surface area contributed by atoms with Crippen LogP contribution in [0.1, 0.15) is 13.8 Å². The van der Waals surface area contributed by atoms with Gasteiger partial charge in [-0.25, -0.2) is 0 Å². The number of hydrogen-bond donors (Lipinski definition) is 0. The summed E-state index contributed by atoms with van der Waals surface area (Å²) in [4.78, 5) is 7.72. The van der Waals surface area contributed by atoms with Crippen LogP contribution in [0.2, 0.25) is 5.02 Å². The number of oxazole rings is 1. The van der Waals surface area contributed by atoms with Gasteiger partial charge in [0.05, 0.1) is 12.2 Å². The number of benzene rings is 4. The van der Waals surface area contributed by atoms with E-state index in [1.54, 1.807) is 0 Å². The predicted molar refractivity (Wildman–Crippen MR) is 179 cm³/mol. The van der Waals surface area contributed by atoms with Gasteiger partial charge in [0.15, 0.2) is 7.26 Å². The molecule has 0 bridgehead atoms. The Labute approximate surface area is 258 Å². The van der Waals surface area contributed by atoms with Crippen LogP contribution in [0.15, 0.2) is 120 Å². The molecular formula is C33H32ClIN2O2P+. The van der Waals surface area contributed by atoms with Crippen LogP contribution in [0.4, 0.5) is 5.88 Å². The molecule has 0 amide bonds. The number of rotatable bonds is 6. The molecule has 0 saturated carbocycles. The molecule has 0 spiro atoms. The van der Waals surface area contributed by atoms with E-state index in [1.165, 1.54) is 15.9 Å². The van der Waals surface area contributed by atoms with Crippen LogP contribution in [-0.2, 0) is 4.74 Å². The van der Waals surface area contributed by atoms with Crippen molar-refractivity contribution in [3.05, 3.63) is 120 Å². The molecule has 1 saturated heterocycles. The summed E-state index contributed by atoms with van der Waals surface area (Å²) in [6.07, 6.45) is 0.146. The third-order valence-electron chi connectivity index (χ3n) is 7.14. The van der Waals surface area contributed by atoms with Crippen molar-refractivity contribution in [1.29, 1.82) is 0 Å². The number of aromatic nitrogens is 1. The molecule has 0 N–H and O–H groups in total. The zero-order valence-electron chi connectivity index (χ0n) is 22.5. The van der Waals surface area contributed by atoms with Crippen molar-refractivity contribution < 1.29 is 9.15 Å². The summed E-state index contributed by atoms with van der Waals surface area (Å²) in [6, 6.07) is 40.1. The van der Waals surface area contributed by atoms with Gasteiger partial charge in [-0.05, 0) is 74.5 Å². The molecule has 40 heavy (non-hydrogen) atoms. The summed E-state index contributed by atoms with van der Waals surface area (Å²) >= 11 is 6.23. The maximum atomic E-state index is 6.79. The molecule has 2 atom stereocenters. The fourth-order valence-corrected chi connectivity index (χ4v) is 9.88. The van der Waals surface area contributed by atoms with Gasteiger partial charge in [-0.1, -0.05) is 66.2 Å². The molecule has 1 fully saturated rings. The van der Waals surface area contributed by atoms with E-state index >= 15 is 0 Å². The van der Waals surface area contributed by atoms with E-state index in [4.69, 9.17) is 25.7 Å². The molecule has 1 aliphatic rings. The largest absolute Gasteiger partial charge is 0.416 e. The normalized spacial score (nSPS) is 17.3. The summed E-state index contributed by atoms with van der Waals surface area (Å²) in [5.41, 5.74) is 1.87. The summed E-state index contributed by atoms with van der Waals surface area (Å²) in [7, 11) is -2.47. The van der Waals surface area contributed by atoms with Gasteiger partial charge in [-0.3, -0.25) is 0 Å². The lowest BCUT2D eigenvalue weighted by molar-refractivity contribution is -0.00629. The highest BCUT2D eigenvalue weighted by Crippen LogP contribution is 2.56. The summed E-state index contributed by atoms with van der Waals surface area (Å²) in [6.45, 7) is 5.69. The molecule has 1 aromatic heterocycles. The van der Waals surface area contributed by atoms with Crippen LogP contribution in [0, 0.1) is 0 Å². The Balaban J connectivity index is 0.00000323. The second-order valence-electron chi connectivity index (χ2n) is 9.99. The topological polar surface area (TPSA) is 38.5 Å². The third kappa shape index (κ3) is 5.45. The second-order valence-corrected chi connectivity index (χ2v) is 13.7. The third-order valence-corrected chi connectivity index (χ3v) is 11.5. The van der Waals surface area contributed by atoms with E-state index in [2.05, 4.69) is 110 Å². The lowest BCUT2D eigenvalue weighted by Crippen LogP contribution is -2.48. The average Bonchev–Trinajstić information content (AvgIpc) is 3.41. The highest BCUT2D eigenvalue weighted by Gasteiger charge is 2.54. The van der Waals surface area contributed by atoms with Crippen LogP contribution in [0.25, 0.3) is 11.5 Å². The number of morpholine rings is 1. The first-order valence-corrected chi connectivity index (χ1v) is 15.5. The zero-order chi connectivity index (χ0) is 26.8. The molecule has 204 valence electrons. The van der Waals surface area contributed by atoms with E-state index in [1.807, 2.05) is 24.3 Å². The van der Waals surface area contributed by atoms with E-state index in [9.17, 15) is 0 Å². The van der Waals surface area contributed by atoms with Crippen molar-refractivity contribution in [2.75, 3.05) is 18.0 Å². The van der Waals surface area contributed by atoms with Gasteiger partial charge in [0.1, 0.15) is 15.9 Å². The molecule has 1 aliphatic heterocycles. The Morgan fingerprint density at radius 1 is 0.700 bits per heavy atom. The van der Waals surface area contributed by atoms with Gasteiger partial charge in [-0.2, -0.15) is 4.98 Å². The Morgan fingerprint density at radius 2 is 1.15 bits per heavy atom. The standard InChI is InChI=1S/C33H31ClN2O2P.HI/c1-24-22-36(23-25(2)37-24)33-32(35-31(38-33)26-18-20-27(34)21-19-26)39(28-12-6-3-7-13-28,29-14-8-4-9-15-29)30-16-10-5-11-17-30;/h3-21,24-25H,22-23H2,1-2H3;1H/q+1;. The number of ether oxygens (including phenoxy) is 1. The number of hydrogen-bond acceptors (Lipinski definition) is 4. The molecule has 4 aromatic carbocycles. The Kier molecular flexibility index (Phi) is 8.96. The number of halogens is 2. The molecule has 2 unspecified atom stereocenters. The SMILES string of the molecule is CC1CN(c2oc(-c3ccc(Cl)cc3)nc2[P+](c2ccccc2)(c2ccccc2)c2ccccc2)CC(C)O1.I.